The zero-order valence-corrected chi connectivity index (χ0v) is 14.1. The lowest BCUT2D eigenvalue weighted by Gasteiger charge is -2.25. The number of benzene rings is 2. The zero-order valence-electron chi connectivity index (χ0n) is 14.1. The van der Waals surface area contributed by atoms with Gasteiger partial charge in [0.25, 0.3) is 0 Å². The highest BCUT2D eigenvalue weighted by Crippen LogP contribution is 2.27. The van der Waals surface area contributed by atoms with E-state index in [2.05, 4.69) is 16.7 Å². The fourth-order valence-electron chi connectivity index (χ4n) is 2.85. The number of amides is 2. The number of rotatable bonds is 5. The van der Waals surface area contributed by atoms with Gasteiger partial charge in [0.1, 0.15) is 5.75 Å². The number of hydrogen-bond acceptors (Lipinski definition) is 4. The fourth-order valence-corrected chi connectivity index (χ4v) is 2.85. The second-order valence-electron chi connectivity index (χ2n) is 6.06. The molecule has 0 spiro atoms. The van der Waals surface area contributed by atoms with Crippen LogP contribution in [0, 0.1) is 5.92 Å². The molecule has 2 aromatic rings. The molecule has 2 amide bonds. The molecule has 132 valence electrons. The van der Waals surface area contributed by atoms with Crippen molar-refractivity contribution in [2.24, 2.45) is 5.92 Å². The van der Waals surface area contributed by atoms with Gasteiger partial charge in [-0.2, -0.15) is 0 Å². The summed E-state index contributed by atoms with van der Waals surface area (Å²) in [5.41, 5.74) is 1.97. The highest BCUT2D eigenvalue weighted by molar-refractivity contribution is 5.73. The smallest absolute Gasteiger partial charge is 0.315 e. The molecule has 2 aromatic carbocycles. The van der Waals surface area contributed by atoms with Crippen molar-refractivity contribution in [1.82, 2.24) is 10.6 Å². The van der Waals surface area contributed by atoms with Crippen LogP contribution in [0.4, 0.5) is 4.79 Å². The minimum absolute atomic E-state index is 0.0558. The monoisotopic (exact) mass is 342 g/mol. The Balaban J connectivity index is 1.44. The van der Waals surface area contributed by atoms with Gasteiger partial charge in [0.15, 0.2) is 11.5 Å². The van der Waals surface area contributed by atoms with Gasteiger partial charge in [-0.15, -0.1) is 0 Å². The lowest BCUT2D eigenvalue weighted by atomic mass is 9.97. The Morgan fingerprint density at radius 3 is 2.92 bits per heavy atom. The molecule has 3 N–H and O–H groups in total. The second kappa shape index (κ2) is 7.79. The van der Waals surface area contributed by atoms with Crippen LogP contribution in [0.3, 0.4) is 0 Å². The van der Waals surface area contributed by atoms with Crippen LogP contribution in [0.25, 0.3) is 0 Å². The number of hydrogen-bond donors (Lipinski definition) is 3. The summed E-state index contributed by atoms with van der Waals surface area (Å²) < 4.78 is 10.7. The third-order valence-corrected chi connectivity index (χ3v) is 4.20. The number of carbonyl (C=O) groups excluding carboxylic acids is 1. The molecule has 25 heavy (non-hydrogen) atoms. The molecule has 0 saturated heterocycles. The Hall–Kier alpha value is -2.89. The predicted molar refractivity (Wildman–Crippen MR) is 94.0 cm³/mol. The summed E-state index contributed by atoms with van der Waals surface area (Å²) in [6.07, 6.45) is 0.892. The molecule has 0 bridgehead atoms. The number of urea groups is 1. The first kappa shape index (κ1) is 17.0. The van der Waals surface area contributed by atoms with E-state index in [1.54, 1.807) is 18.2 Å². The van der Waals surface area contributed by atoms with Crippen LogP contribution in [-0.4, -0.2) is 31.4 Å². The molecule has 3 rings (SSSR count). The van der Waals surface area contributed by atoms with Crippen molar-refractivity contribution in [3.05, 3.63) is 53.6 Å². The molecule has 1 atom stereocenters. The van der Waals surface area contributed by atoms with Crippen molar-refractivity contribution in [2.45, 2.75) is 13.0 Å². The van der Waals surface area contributed by atoms with Crippen LogP contribution in [0.1, 0.15) is 11.1 Å². The number of nitrogens with one attached hydrogen (secondary N) is 2. The van der Waals surface area contributed by atoms with Gasteiger partial charge in [0, 0.05) is 19.0 Å². The summed E-state index contributed by atoms with van der Waals surface area (Å²) in [4.78, 5) is 12.0. The van der Waals surface area contributed by atoms with Crippen molar-refractivity contribution in [2.75, 3.05) is 20.3 Å². The lowest BCUT2D eigenvalue weighted by molar-refractivity contribution is 0.211. The molecule has 0 fully saturated rings. The number of carbonyl (C=O) groups is 1. The maximum atomic E-state index is 12.0. The molecule has 6 heteroatoms. The topological polar surface area (TPSA) is 79.8 Å². The van der Waals surface area contributed by atoms with Crippen LogP contribution in [0.5, 0.6) is 17.2 Å². The fraction of sp³-hybridized carbons (Fsp3) is 0.316. The Kier molecular flexibility index (Phi) is 5.28. The molecule has 0 saturated carbocycles. The first-order valence-corrected chi connectivity index (χ1v) is 8.24. The van der Waals surface area contributed by atoms with Gasteiger partial charge >= 0.3 is 6.03 Å². The van der Waals surface area contributed by atoms with E-state index in [0.29, 0.717) is 25.4 Å². The van der Waals surface area contributed by atoms with Gasteiger partial charge in [-0.3, -0.25) is 0 Å². The molecule has 1 heterocycles. The minimum Gasteiger partial charge on any atom is -0.504 e. The Morgan fingerprint density at radius 2 is 2.12 bits per heavy atom. The van der Waals surface area contributed by atoms with E-state index in [4.69, 9.17) is 9.47 Å². The zero-order chi connectivity index (χ0) is 17.6. The van der Waals surface area contributed by atoms with Crippen LogP contribution in [-0.2, 0) is 13.0 Å². The van der Waals surface area contributed by atoms with Crippen molar-refractivity contribution >= 4 is 6.03 Å². The SMILES string of the molecule is COc1ccc(CNC(=O)NC[C@H]2COc3ccccc3C2)cc1O. The summed E-state index contributed by atoms with van der Waals surface area (Å²) in [7, 11) is 1.49. The molecule has 1 aliphatic rings. The molecular weight excluding hydrogens is 320 g/mol. The summed E-state index contributed by atoms with van der Waals surface area (Å²) in [5.74, 6) is 1.65. The summed E-state index contributed by atoms with van der Waals surface area (Å²) in [5, 5.41) is 15.4. The third-order valence-electron chi connectivity index (χ3n) is 4.20. The molecule has 1 aliphatic heterocycles. The molecule has 0 radical (unpaired) electrons. The van der Waals surface area contributed by atoms with E-state index >= 15 is 0 Å². The number of phenols is 1. The van der Waals surface area contributed by atoms with Gasteiger partial charge in [-0.05, 0) is 35.7 Å². The van der Waals surface area contributed by atoms with Gasteiger partial charge in [0.05, 0.1) is 13.7 Å². The third kappa shape index (κ3) is 4.35. The van der Waals surface area contributed by atoms with Gasteiger partial charge < -0.3 is 25.2 Å². The van der Waals surface area contributed by atoms with E-state index in [0.717, 1.165) is 17.7 Å². The van der Waals surface area contributed by atoms with Gasteiger partial charge in [-0.25, -0.2) is 4.79 Å². The number of aromatic hydroxyl groups is 1. The maximum absolute atomic E-state index is 12.0. The van der Waals surface area contributed by atoms with Crippen molar-refractivity contribution < 1.29 is 19.4 Å². The molecule has 0 aliphatic carbocycles. The van der Waals surface area contributed by atoms with E-state index < -0.39 is 0 Å². The average Bonchev–Trinajstić information content (AvgIpc) is 2.64. The van der Waals surface area contributed by atoms with Crippen LogP contribution < -0.4 is 20.1 Å². The quantitative estimate of drug-likeness (QED) is 0.780. The van der Waals surface area contributed by atoms with Crippen molar-refractivity contribution in [3.8, 4) is 17.2 Å². The average molecular weight is 342 g/mol. The minimum atomic E-state index is -0.242. The summed E-state index contributed by atoms with van der Waals surface area (Å²) in [6.45, 7) is 1.48. The van der Waals surface area contributed by atoms with Crippen molar-refractivity contribution in [1.29, 1.82) is 0 Å². The molecule has 0 aromatic heterocycles. The Morgan fingerprint density at radius 1 is 1.28 bits per heavy atom. The Bertz CT molecular complexity index is 748. The van der Waals surface area contributed by atoms with Crippen LogP contribution >= 0.6 is 0 Å². The number of fused-ring (bicyclic) bond motifs is 1. The van der Waals surface area contributed by atoms with Crippen molar-refractivity contribution in [3.63, 3.8) is 0 Å². The maximum Gasteiger partial charge on any atom is 0.315 e. The van der Waals surface area contributed by atoms with Crippen LogP contribution in [0.15, 0.2) is 42.5 Å². The molecular formula is C19H22N2O4. The number of methoxy groups -OCH3 is 1. The summed E-state index contributed by atoms with van der Waals surface area (Å²) >= 11 is 0. The standard InChI is InChI=1S/C19H22N2O4/c1-24-18-7-6-13(9-16(18)22)10-20-19(23)21-11-14-8-15-4-2-3-5-17(15)25-12-14/h2-7,9,14,22H,8,10-12H2,1H3,(H2,20,21,23)/t14-/m0/s1. The number of para-hydroxylation sites is 1. The largest absolute Gasteiger partial charge is 0.504 e. The molecule has 0 unspecified atom stereocenters. The Labute approximate surface area is 146 Å². The highest BCUT2D eigenvalue weighted by atomic mass is 16.5. The molecule has 6 nitrogen and oxygen atoms in total. The van der Waals surface area contributed by atoms with E-state index in [9.17, 15) is 9.90 Å². The highest BCUT2D eigenvalue weighted by Gasteiger charge is 2.19. The van der Waals surface area contributed by atoms with Gasteiger partial charge in [0.2, 0.25) is 0 Å². The van der Waals surface area contributed by atoms with Crippen LogP contribution in [0.2, 0.25) is 0 Å². The number of phenolic OH excluding ortho intramolecular Hbond substituents is 1. The van der Waals surface area contributed by atoms with E-state index in [1.807, 2.05) is 18.2 Å². The normalized spacial score (nSPS) is 15.6. The van der Waals surface area contributed by atoms with E-state index in [-0.39, 0.29) is 17.7 Å². The van der Waals surface area contributed by atoms with Gasteiger partial charge in [-0.1, -0.05) is 24.3 Å². The number of ether oxygens (including phenoxy) is 2. The first-order chi connectivity index (χ1) is 12.2. The predicted octanol–water partition coefficient (Wildman–Crippen LogP) is 2.45. The lowest BCUT2D eigenvalue weighted by Crippen LogP contribution is -2.40. The second-order valence-corrected chi connectivity index (χ2v) is 6.06. The van der Waals surface area contributed by atoms with E-state index in [1.165, 1.54) is 12.7 Å². The summed E-state index contributed by atoms with van der Waals surface area (Å²) in [6, 6.07) is 12.8. The first-order valence-electron chi connectivity index (χ1n) is 8.24.